The molecule has 3 aliphatic heterocycles. The van der Waals surface area contributed by atoms with Gasteiger partial charge in [-0.25, -0.2) is 4.79 Å². The number of rotatable bonds is 9. The zero-order chi connectivity index (χ0) is 31.7. The first-order chi connectivity index (χ1) is 21.7. The van der Waals surface area contributed by atoms with Crippen molar-refractivity contribution in [3.8, 4) is 0 Å². The SMILES string of the molecule is CN1C(=O)N/C(=C\c2ccc(N/C(=C3\C(=O)Nc4ccc([N+](=O)[O-])cc43)c3ccc(CCCN4CCCC4=O)cc3)cc2)C1=O. The summed E-state index contributed by atoms with van der Waals surface area (Å²) in [5, 5.41) is 20.2. The Kier molecular flexibility index (Phi) is 7.86. The highest BCUT2D eigenvalue weighted by Crippen LogP contribution is 2.39. The number of likely N-dealkylation sites (N-methyl/N-ethyl adjacent to an activating group) is 1. The van der Waals surface area contributed by atoms with Gasteiger partial charge in [-0.3, -0.25) is 29.4 Å². The Morgan fingerprint density at radius 2 is 1.76 bits per heavy atom. The van der Waals surface area contributed by atoms with Crippen LogP contribution in [0.4, 0.5) is 21.9 Å². The van der Waals surface area contributed by atoms with Gasteiger partial charge in [0.1, 0.15) is 5.70 Å². The maximum Gasteiger partial charge on any atom is 0.328 e. The van der Waals surface area contributed by atoms with E-state index >= 15 is 0 Å². The lowest BCUT2D eigenvalue weighted by Crippen LogP contribution is -2.25. The lowest BCUT2D eigenvalue weighted by molar-refractivity contribution is -0.384. The number of carbonyl (C=O) groups excluding carboxylic acids is 4. The van der Waals surface area contributed by atoms with Crippen molar-refractivity contribution >= 4 is 58.2 Å². The molecule has 228 valence electrons. The topological polar surface area (TPSA) is 154 Å². The summed E-state index contributed by atoms with van der Waals surface area (Å²) in [7, 11) is 1.40. The van der Waals surface area contributed by atoms with Gasteiger partial charge in [0.05, 0.1) is 16.2 Å². The number of benzene rings is 3. The molecule has 0 atom stereocenters. The molecule has 12 nitrogen and oxygen atoms in total. The molecule has 3 aliphatic rings. The summed E-state index contributed by atoms with van der Waals surface area (Å²) in [4.78, 5) is 63.2. The van der Waals surface area contributed by atoms with Gasteiger partial charge in [0.15, 0.2) is 0 Å². The molecule has 0 unspecified atom stereocenters. The van der Waals surface area contributed by atoms with E-state index in [1.165, 1.54) is 25.2 Å². The lowest BCUT2D eigenvalue weighted by atomic mass is 9.98. The summed E-state index contributed by atoms with van der Waals surface area (Å²) in [6.07, 6.45) is 4.73. The fraction of sp³-hybridized carbons (Fsp3) is 0.212. The molecule has 3 N–H and O–H groups in total. The van der Waals surface area contributed by atoms with E-state index in [4.69, 9.17) is 0 Å². The minimum Gasteiger partial charge on any atom is -0.354 e. The number of hydrogen-bond acceptors (Lipinski definition) is 7. The summed E-state index contributed by atoms with van der Waals surface area (Å²) >= 11 is 0. The normalized spacial score (nSPS) is 17.9. The number of fused-ring (bicyclic) bond motifs is 1. The Morgan fingerprint density at radius 3 is 2.40 bits per heavy atom. The van der Waals surface area contributed by atoms with Crippen LogP contribution in [0.2, 0.25) is 0 Å². The van der Waals surface area contributed by atoms with Crippen LogP contribution in [0.25, 0.3) is 17.3 Å². The van der Waals surface area contributed by atoms with Gasteiger partial charge in [-0.1, -0.05) is 36.4 Å². The molecule has 2 fully saturated rings. The summed E-state index contributed by atoms with van der Waals surface area (Å²) in [6, 6.07) is 18.6. The van der Waals surface area contributed by atoms with Crippen LogP contribution in [0.1, 0.15) is 41.5 Å². The molecule has 0 aliphatic carbocycles. The molecular formula is C33H30N6O6. The van der Waals surface area contributed by atoms with E-state index < -0.39 is 22.8 Å². The second-order valence-electron chi connectivity index (χ2n) is 11.1. The van der Waals surface area contributed by atoms with Crippen molar-refractivity contribution < 1.29 is 24.1 Å². The molecule has 0 spiro atoms. The number of hydrogen-bond donors (Lipinski definition) is 3. The Balaban J connectivity index is 1.30. The molecule has 0 saturated carbocycles. The predicted octanol–water partition coefficient (Wildman–Crippen LogP) is 4.60. The number of carbonyl (C=O) groups is 4. The molecule has 5 amide bonds. The third-order valence-electron chi connectivity index (χ3n) is 8.09. The Morgan fingerprint density at radius 1 is 1.00 bits per heavy atom. The molecule has 3 aromatic rings. The van der Waals surface area contributed by atoms with Crippen molar-refractivity contribution in [1.29, 1.82) is 0 Å². The van der Waals surface area contributed by atoms with Gasteiger partial charge in [0.25, 0.3) is 17.5 Å². The number of likely N-dealkylation sites (tertiary alicyclic amines) is 1. The van der Waals surface area contributed by atoms with E-state index in [9.17, 15) is 29.3 Å². The van der Waals surface area contributed by atoms with Crippen LogP contribution in [0.3, 0.4) is 0 Å². The molecule has 0 bridgehead atoms. The van der Waals surface area contributed by atoms with E-state index in [1.807, 2.05) is 29.2 Å². The van der Waals surface area contributed by atoms with Crippen molar-refractivity contribution in [3.05, 3.63) is 105 Å². The molecule has 0 radical (unpaired) electrons. The molecule has 3 aromatic carbocycles. The average Bonchev–Trinajstić information content (AvgIpc) is 3.67. The Labute approximate surface area is 258 Å². The van der Waals surface area contributed by atoms with Gasteiger partial charge < -0.3 is 20.9 Å². The van der Waals surface area contributed by atoms with Crippen LogP contribution in [0.5, 0.6) is 0 Å². The number of nitro benzene ring substituents is 1. The van der Waals surface area contributed by atoms with E-state index in [2.05, 4.69) is 16.0 Å². The lowest BCUT2D eigenvalue weighted by Gasteiger charge is -2.16. The van der Waals surface area contributed by atoms with Crippen molar-refractivity contribution in [2.45, 2.75) is 25.7 Å². The number of nitro groups is 1. The van der Waals surface area contributed by atoms with Crippen LogP contribution in [-0.4, -0.2) is 58.6 Å². The highest BCUT2D eigenvalue weighted by molar-refractivity contribution is 6.37. The maximum absolute atomic E-state index is 13.3. The highest BCUT2D eigenvalue weighted by atomic mass is 16.6. The van der Waals surface area contributed by atoms with Crippen molar-refractivity contribution in [3.63, 3.8) is 0 Å². The van der Waals surface area contributed by atoms with E-state index in [1.54, 1.807) is 30.3 Å². The summed E-state index contributed by atoms with van der Waals surface area (Å²) in [6.45, 7) is 1.53. The fourth-order valence-corrected chi connectivity index (χ4v) is 5.65. The smallest absolute Gasteiger partial charge is 0.328 e. The molecule has 12 heteroatoms. The minimum atomic E-state index is -0.499. The molecule has 0 aromatic heterocycles. The number of nitrogens with one attached hydrogen (secondary N) is 3. The van der Waals surface area contributed by atoms with Gasteiger partial charge in [0, 0.05) is 55.6 Å². The number of nitrogens with zero attached hydrogens (tertiary/aromatic N) is 3. The monoisotopic (exact) mass is 606 g/mol. The first-order valence-corrected chi connectivity index (χ1v) is 14.6. The Hall–Kier alpha value is -5.78. The quantitative estimate of drug-likeness (QED) is 0.139. The first kappa shape index (κ1) is 29.3. The maximum atomic E-state index is 13.3. The molecule has 3 heterocycles. The average molecular weight is 607 g/mol. The van der Waals surface area contributed by atoms with Gasteiger partial charge in [-0.05, 0) is 60.2 Å². The van der Waals surface area contributed by atoms with Gasteiger partial charge in [-0.15, -0.1) is 0 Å². The van der Waals surface area contributed by atoms with Crippen LogP contribution < -0.4 is 16.0 Å². The predicted molar refractivity (Wildman–Crippen MR) is 168 cm³/mol. The second-order valence-corrected chi connectivity index (χ2v) is 11.1. The van der Waals surface area contributed by atoms with Crippen molar-refractivity contribution in [2.24, 2.45) is 0 Å². The fourth-order valence-electron chi connectivity index (χ4n) is 5.65. The number of aryl methyl sites for hydroxylation is 1. The zero-order valence-corrected chi connectivity index (χ0v) is 24.5. The second kappa shape index (κ2) is 12.1. The van der Waals surface area contributed by atoms with E-state index in [0.29, 0.717) is 40.2 Å². The van der Waals surface area contributed by atoms with Crippen LogP contribution in [0.15, 0.2) is 72.4 Å². The molecule has 6 rings (SSSR count). The summed E-state index contributed by atoms with van der Waals surface area (Å²) < 4.78 is 0. The molecule has 2 saturated heterocycles. The highest BCUT2D eigenvalue weighted by Gasteiger charge is 2.31. The Bertz CT molecular complexity index is 1790. The van der Waals surface area contributed by atoms with Gasteiger partial charge in [0.2, 0.25) is 5.91 Å². The van der Waals surface area contributed by atoms with Gasteiger partial charge in [-0.2, -0.15) is 0 Å². The number of urea groups is 1. The number of anilines is 2. The molecule has 45 heavy (non-hydrogen) atoms. The van der Waals surface area contributed by atoms with Crippen molar-refractivity contribution in [2.75, 3.05) is 30.8 Å². The van der Waals surface area contributed by atoms with E-state index in [0.717, 1.165) is 42.8 Å². The summed E-state index contributed by atoms with van der Waals surface area (Å²) in [5.74, 6) is -0.616. The third-order valence-corrected chi connectivity index (χ3v) is 8.09. The van der Waals surface area contributed by atoms with Crippen LogP contribution >= 0.6 is 0 Å². The first-order valence-electron chi connectivity index (χ1n) is 14.6. The minimum absolute atomic E-state index is 0.134. The van der Waals surface area contributed by atoms with E-state index in [-0.39, 0.29) is 22.9 Å². The number of non-ortho nitro benzene ring substituents is 1. The number of amides is 5. The zero-order valence-electron chi connectivity index (χ0n) is 24.5. The van der Waals surface area contributed by atoms with Gasteiger partial charge >= 0.3 is 6.03 Å². The number of imide groups is 1. The summed E-state index contributed by atoms with van der Waals surface area (Å²) in [5.41, 5.74) is 4.74. The largest absolute Gasteiger partial charge is 0.354 e. The van der Waals surface area contributed by atoms with Crippen LogP contribution in [0, 0.1) is 10.1 Å². The van der Waals surface area contributed by atoms with Crippen molar-refractivity contribution in [1.82, 2.24) is 15.1 Å². The third kappa shape index (κ3) is 6.03. The molecular weight excluding hydrogens is 576 g/mol. The van der Waals surface area contributed by atoms with Crippen LogP contribution in [-0.2, 0) is 20.8 Å². The standard InChI is InChI=1S/C33H30N6O6/c1-37-32(42)27(36-33(37)43)18-21-8-12-23(13-9-21)34-30(29-25-19-24(39(44)45)14-15-26(25)35-31(29)41)22-10-6-20(7-11-22)4-2-16-38-17-3-5-28(38)40/h6-15,18-19,34H,2-5,16-17H2,1H3,(H,35,41)(H,36,43)/b27-18-,30-29-.